The molecule has 7 heteroatoms. The number of H-pyrrole nitrogens is 1. The number of hydrogen-bond donors (Lipinski definition) is 1. The second-order valence-electron chi connectivity index (χ2n) is 5.35. The van der Waals surface area contributed by atoms with Crippen LogP contribution in [-0.4, -0.2) is 44.1 Å². The first-order chi connectivity index (χ1) is 10.1. The van der Waals surface area contributed by atoms with Crippen LogP contribution in [0.1, 0.15) is 23.3 Å². The van der Waals surface area contributed by atoms with Gasteiger partial charge in [0.05, 0.1) is 24.3 Å². The van der Waals surface area contributed by atoms with Crippen LogP contribution in [-0.2, 0) is 18.3 Å². The first-order valence-electron chi connectivity index (χ1n) is 6.99. The molecule has 0 radical (unpaired) electrons. The van der Waals surface area contributed by atoms with Crippen LogP contribution in [0, 0.1) is 6.92 Å². The van der Waals surface area contributed by atoms with Gasteiger partial charge in [-0.25, -0.2) is 9.97 Å². The van der Waals surface area contributed by atoms with Crippen molar-refractivity contribution < 1.29 is 4.74 Å². The van der Waals surface area contributed by atoms with Crippen molar-refractivity contribution in [1.29, 1.82) is 0 Å². The average molecular weight is 289 g/mol. The molecule has 0 spiro atoms. The summed E-state index contributed by atoms with van der Waals surface area (Å²) in [5.41, 5.74) is 1.72. The Balaban J connectivity index is 1.73. The quantitative estimate of drug-likeness (QED) is 0.884. The second kappa shape index (κ2) is 5.79. The van der Waals surface area contributed by atoms with Gasteiger partial charge >= 0.3 is 0 Å². The van der Waals surface area contributed by atoms with Crippen LogP contribution < -0.4 is 5.56 Å². The van der Waals surface area contributed by atoms with Gasteiger partial charge in [0.2, 0.25) is 0 Å². The fourth-order valence-corrected chi connectivity index (χ4v) is 2.56. The second-order valence-corrected chi connectivity index (χ2v) is 5.35. The molecule has 112 valence electrons. The average Bonchev–Trinajstić information content (AvgIpc) is 2.84. The predicted molar refractivity (Wildman–Crippen MR) is 76.8 cm³/mol. The Kier molecular flexibility index (Phi) is 3.85. The molecular formula is C14H19N5O2. The Hall–Kier alpha value is -1.99. The molecule has 3 heterocycles. The molecule has 0 aliphatic carbocycles. The zero-order valence-corrected chi connectivity index (χ0v) is 12.2. The molecular weight excluding hydrogens is 270 g/mol. The molecule has 1 atom stereocenters. The van der Waals surface area contributed by atoms with E-state index < -0.39 is 0 Å². The molecule has 1 N–H and O–H groups in total. The van der Waals surface area contributed by atoms with E-state index in [4.69, 9.17) is 4.74 Å². The number of imidazole rings is 1. The van der Waals surface area contributed by atoms with E-state index in [0.717, 1.165) is 25.3 Å². The molecule has 3 rings (SSSR count). The van der Waals surface area contributed by atoms with Gasteiger partial charge in [0.1, 0.15) is 11.9 Å². The molecule has 0 bridgehead atoms. The molecule has 1 fully saturated rings. The minimum Gasteiger partial charge on any atom is -0.369 e. The van der Waals surface area contributed by atoms with Gasteiger partial charge in [-0.3, -0.25) is 9.69 Å². The van der Waals surface area contributed by atoms with Gasteiger partial charge < -0.3 is 14.3 Å². The maximum Gasteiger partial charge on any atom is 0.251 e. The van der Waals surface area contributed by atoms with Gasteiger partial charge in [-0.1, -0.05) is 0 Å². The number of nitrogens with one attached hydrogen (secondary N) is 1. The van der Waals surface area contributed by atoms with E-state index in [1.54, 1.807) is 13.3 Å². The SMILES string of the molecule is Cc1nc([C@@H]2CN(Cc3cncn3C)CCO2)cc(=O)[nH]1. The van der Waals surface area contributed by atoms with Crippen LogP contribution in [0.15, 0.2) is 23.4 Å². The number of aromatic amines is 1. The molecule has 0 aromatic carbocycles. The number of rotatable bonds is 3. The van der Waals surface area contributed by atoms with Crippen molar-refractivity contribution >= 4 is 0 Å². The highest BCUT2D eigenvalue weighted by Crippen LogP contribution is 2.20. The summed E-state index contributed by atoms with van der Waals surface area (Å²) < 4.78 is 7.79. The smallest absolute Gasteiger partial charge is 0.251 e. The Morgan fingerprint density at radius 2 is 2.38 bits per heavy atom. The molecule has 0 saturated carbocycles. The molecule has 2 aromatic heterocycles. The zero-order valence-electron chi connectivity index (χ0n) is 12.2. The maximum atomic E-state index is 11.6. The summed E-state index contributed by atoms with van der Waals surface area (Å²) in [5, 5.41) is 0. The Morgan fingerprint density at radius 3 is 3.10 bits per heavy atom. The van der Waals surface area contributed by atoms with E-state index in [-0.39, 0.29) is 11.7 Å². The monoisotopic (exact) mass is 289 g/mol. The van der Waals surface area contributed by atoms with Gasteiger partial charge in [0.25, 0.3) is 5.56 Å². The third kappa shape index (κ3) is 3.20. The van der Waals surface area contributed by atoms with Crippen molar-refractivity contribution in [2.24, 2.45) is 7.05 Å². The van der Waals surface area contributed by atoms with Crippen LogP contribution in [0.25, 0.3) is 0 Å². The summed E-state index contributed by atoms with van der Waals surface area (Å²) in [6.45, 7) is 4.82. The highest BCUT2D eigenvalue weighted by Gasteiger charge is 2.24. The first-order valence-corrected chi connectivity index (χ1v) is 6.99. The third-order valence-electron chi connectivity index (χ3n) is 3.66. The molecule has 7 nitrogen and oxygen atoms in total. The van der Waals surface area contributed by atoms with Crippen molar-refractivity contribution in [3.05, 3.63) is 46.2 Å². The highest BCUT2D eigenvalue weighted by molar-refractivity contribution is 5.07. The van der Waals surface area contributed by atoms with E-state index in [9.17, 15) is 4.79 Å². The fourth-order valence-electron chi connectivity index (χ4n) is 2.56. The number of aromatic nitrogens is 4. The zero-order chi connectivity index (χ0) is 14.8. The normalized spacial score (nSPS) is 19.8. The molecule has 1 saturated heterocycles. The summed E-state index contributed by atoms with van der Waals surface area (Å²) >= 11 is 0. The summed E-state index contributed by atoms with van der Waals surface area (Å²) in [5.74, 6) is 0.616. The number of nitrogens with zero attached hydrogens (tertiary/aromatic N) is 4. The van der Waals surface area contributed by atoms with Crippen LogP contribution in [0.3, 0.4) is 0 Å². The maximum absolute atomic E-state index is 11.6. The largest absolute Gasteiger partial charge is 0.369 e. The summed E-state index contributed by atoms with van der Waals surface area (Å²) in [4.78, 5) is 25.0. The Labute approximate surface area is 122 Å². The van der Waals surface area contributed by atoms with Crippen LogP contribution in [0.5, 0.6) is 0 Å². The summed E-state index contributed by atoms with van der Waals surface area (Å²) in [6, 6.07) is 1.52. The minimum atomic E-state index is -0.159. The number of morpholine rings is 1. The topological polar surface area (TPSA) is 76.0 Å². The van der Waals surface area contributed by atoms with Crippen LogP contribution in [0.2, 0.25) is 0 Å². The summed E-state index contributed by atoms with van der Waals surface area (Å²) in [6.07, 6.45) is 3.52. The first kappa shape index (κ1) is 14.0. The van der Waals surface area contributed by atoms with E-state index in [1.807, 2.05) is 17.8 Å². The molecule has 1 aliphatic rings. The molecule has 2 aromatic rings. The van der Waals surface area contributed by atoms with E-state index >= 15 is 0 Å². The lowest BCUT2D eigenvalue weighted by molar-refractivity contribution is -0.0357. The lowest BCUT2D eigenvalue weighted by Gasteiger charge is -2.32. The van der Waals surface area contributed by atoms with Gasteiger partial charge in [-0.15, -0.1) is 0 Å². The Morgan fingerprint density at radius 1 is 1.52 bits per heavy atom. The highest BCUT2D eigenvalue weighted by atomic mass is 16.5. The Bertz CT molecular complexity index is 678. The van der Waals surface area contributed by atoms with Crippen molar-refractivity contribution in [2.75, 3.05) is 19.7 Å². The predicted octanol–water partition coefficient (Wildman–Crippen LogP) is 0.385. The number of hydrogen-bond acceptors (Lipinski definition) is 5. The van der Waals surface area contributed by atoms with Gasteiger partial charge in [-0.2, -0.15) is 0 Å². The number of ether oxygens (including phenoxy) is 1. The van der Waals surface area contributed by atoms with Crippen molar-refractivity contribution in [3.8, 4) is 0 Å². The van der Waals surface area contributed by atoms with Crippen molar-refractivity contribution in [1.82, 2.24) is 24.4 Å². The molecule has 1 aliphatic heterocycles. The lowest BCUT2D eigenvalue weighted by Crippen LogP contribution is -2.38. The van der Waals surface area contributed by atoms with E-state index in [1.165, 1.54) is 6.07 Å². The lowest BCUT2D eigenvalue weighted by atomic mass is 10.2. The van der Waals surface area contributed by atoms with Crippen LogP contribution >= 0.6 is 0 Å². The van der Waals surface area contributed by atoms with Gasteiger partial charge in [0.15, 0.2) is 0 Å². The van der Waals surface area contributed by atoms with E-state index in [0.29, 0.717) is 18.1 Å². The van der Waals surface area contributed by atoms with Crippen LogP contribution in [0.4, 0.5) is 0 Å². The van der Waals surface area contributed by atoms with Gasteiger partial charge in [0, 0.05) is 38.9 Å². The summed E-state index contributed by atoms with van der Waals surface area (Å²) in [7, 11) is 1.99. The number of aryl methyl sites for hydroxylation is 2. The van der Waals surface area contributed by atoms with E-state index in [2.05, 4.69) is 19.9 Å². The van der Waals surface area contributed by atoms with Gasteiger partial charge in [-0.05, 0) is 6.92 Å². The fraction of sp³-hybridized carbons (Fsp3) is 0.500. The molecule has 0 unspecified atom stereocenters. The van der Waals surface area contributed by atoms with Crippen molar-refractivity contribution in [3.63, 3.8) is 0 Å². The van der Waals surface area contributed by atoms with Crippen molar-refractivity contribution in [2.45, 2.75) is 19.6 Å². The molecule has 0 amide bonds. The minimum absolute atomic E-state index is 0.134. The molecule has 21 heavy (non-hydrogen) atoms. The third-order valence-corrected chi connectivity index (χ3v) is 3.66. The standard InChI is InChI=1S/C14H19N5O2/c1-10-16-12(5-14(20)17-10)13-8-19(3-4-21-13)7-11-6-15-9-18(11)2/h5-6,9,13H,3-4,7-8H2,1-2H3,(H,16,17,20)/t13-/m0/s1.